The number of carboxylic acids is 1. The Morgan fingerprint density at radius 2 is 1.44 bits per heavy atom. The van der Waals surface area contributed by atoms with Crippen molar-refractivity contribution >= 4 is 41.4 Å². The van der Waals surface area contributed by atoms with Crippen molar-refractivity contribution in [2.45, 2.75) is 76.5 Å². The third-order valence-corrected chi connectivity index (χ3v) is 5.55. The Balaban J connectivity index is 5.49. The number of hydrogen-bond acceptors (Lipinski definition) is 8. The molecule has 0 rings (SSSR count). The van der Waals surface area contributed by atoms with E-state index in [-0.39, 0.29) is 18.8 Å². The zero-order valence-electron chi connectivity index (χ0n) is 20.2. The van der Waals surface area contributed by atoms with E-state index in [2.05, 4.69) is 16.0 Å². The van der Waals surface area contributed by atoms with Crippen LogP contribution in [0, 0.1) is 5.92 Å². The van der Waals surface area contributed by atoms with E-state index in [0.717, 1.165) is 0 Å². The zero-order valence-corrected chi connectivity index (χ0v) is 21.0. The minimum Gasteiger partial charge on any atom is -0.480 e. The maximum Gasteiger partial charge on any atom is 0.326 e. The first-order chi connectivity index (χ1) is 15.9. The highest BCUT2D eigenvalue weighted by Gasteiger charge is 2.31. The van der Waals surface area contributed by atoms with Gasteiger partial charge in [0.25, 0.3) is 0 Å². The second-order valence-corrected chi connectivity index (χ2v) is 9.48. The molecule has 0 aromatic rings. The van der Waals surface area contributed by atoms with Gasteiger partial charge in [-0.15, -0.1) is 0 Å². The molecule has 34 heavy (non-hydrogen) atoms. The van der Waals surface area contributed by atoms with E-state index in [1.165, 1.54) is 11.8 Å². The summed E-state index contributed by atoms with van der Waals surface area (Å²) < 4.78 is 0. The van der Waals surface area contributed by atoms with Crippen LogP contribution in [0.25, 0.3) is 0 Å². The fraction of sp³-hybridized carbons (Fsp3) is 0.762. The van der Waals surface area contributed by atoms with Gasteiger partial charge in [-0.05, 0) is 56.6 Å². The molecule has 10 N–H and O–H groups in total. The molecular weight excluding hydrogens is 464 g/mol. The van der Waals surface area contributed by atoms with Crippen molar-refractivity contribution in [2.75, 3.05) is 18.6 Å². The molecule has 4 atom stereocenters. The van der Waals surface area contributed by atoms with E-state index in [1.807, 2.05) is 20.1 Å². The van der Waals surface area contributed by atoms with Crippen LogP contribution in [0.5, 0.6) is 0 Å². The first-order valence-corrected chi connectivity index (χ1v) is 12.7. The summed E-state index contributed by atoms with van der Waals surface area (Å²) in [6.45, 7) is 4.14. The molecule has 0 heterocycles. The van der Waals surface area contributed by atoms with Crippen LogP contribution in [0.4, 0.5) is 0 Å². The molecule has 0 aliphatic heterocycles. The van der Waals surface area contributed by atoms with Crippen molar-refractivity contribution in [1.82, 2.24) is 16.0 Å². The van der Waals surface area contributed by atoms with Crippen molar-refractivity contribution < 1.29 is 29.1 Å². The number of amides is 4. The molecule has 0 bridgehead atoms. The van der Waals surface area contributed by atoms with Crippen molar-refractivity contribution in [2.24, 2.45) is 23.1 Å². The first-order valence-electron chi connectivity index (χ1n) is 11.3. The Bertz CT molecular complexity index is 693. The summed E-state index contributed by atoms with van der Waals surface area (Å²) in [7, 11) is 0. The maximum absolute atomic E-state index is 12.9. The lowest BCUT2D eigenvalue weighted by Gasteiger charge is -2.25. The molecular formula is C21H40N6O6S. The summed E-state index contributed by atoms with van der Waals surface area (Å²) in [5.74, 6) is -3.47. The number of carboxylic acid groups (broad SMARTS) is 1. The number of thioether (sulfide) groups is 1. The Labute approximate surface area is 204 Å². The molecule has 0 saturated carbocycles. The van der Waals surface area contributed by atoms with E-state index >= 15 is 0 Å². The normalized spacial score (nSPS) is 14.5. The summed E-state index contributed by atoms with van der Waals surface area (Å²) in [4.78, 5) is 61.1. The highest BCUT2D eigenvalue weighted by Crippen LogP contribution is 2.07. The quantitative estimate of drug-likeness (QED) is 0.110. The monoisotopic (exact) mass is 504 g/mol. The Kier molecular flexibility index (Phi) is 15.9. The standard InChI is InChI=1S/C21H40N6O6S/c1-12(2)10-13(23)18(29)27-16(11-17(24)28)20(31)25-14(6-4-5-8-22)19(30)26-15(21(32)33)7-9-34-3/h12-16H,4-11,22-23H2,1-3H3,(H2,24,28)(H,25,31)(H,26,30)(H,27,29)(H,32,33). The third kappa shape index (κ3) is 13.4. The number of primary amides is 1. The first kappa shape index (κ1) is 31.6. The van der Waals surface area contributed by atoms with E-state index in [1.54, 1.807) is 0 Å². The third-order valence-electron chi connectivity index (χ3n) is 4.91. The summed E-state index contributed by atoms with van der Waals surface area (Å²) in [5, 5.41) is 16.8. The highest BCUT2D eigenvalue weighted by atomic mass is 32.2. The van der Waals surface area contributed by atoms with E-state index in [0.29, 0.717) is 31.6 Å². The van der Waals surface area contributed by atoms with Gasteiger partial charge in [0.15, 0.2) is 0 Å². The van der Waals surface area contributed by atoms with Gasteiger partial charge in [-0.1, -0.05) is 13.8 Å². The van der Waals surface area contributed by atoms with Crippen molar-refractivity contribution in [3.63, 3.8) is 0 Å². The Morgan fingerprint density at radius 1 is 0.882 bits per heavy atom. The van der Waals surface area contributed by atoms with Crippen LogP contribution < -0.4 is 33.2 Å². The van der Waals surface area contributed by atoms with Gasteiger partial charge in [-0.3, -0.25) is 19.2 Å². The topological polar surface area (TPSA) is 220 Å². The fourth-order valence-electron chi connectivity index (χ4n) is 3.10. The van der Waals surface area contributed by atoms with Crippen LogP contribution >= 0.6 is 11.8 Å². The summed E-state index contributed by atoms with van der Waals surface area (Å²) >= 11 is 1.44. The molecule has 13 heteroatoms. The minimum atomic E-state index is -1.33. The minimum absolute atomic E-state index is 0.132. The smallest absolute Gasteiger partial charge is 0.326 e. The SMILES string of the molecule is CSCCC(NC(=O)C(CCCCN)NC(=O)C(CC(N)=O)NC(=O)C(N)CC(C)C)C(=O)O. The number of unbranched alkanes of at least 4 members (excludes halogenated alkanes) is 1. The van der Waals surface area contributed by atoms with Crippen LogP contribution in [0.3, 0.4) is 0 Å². The second kappa shape index (κ2) is 17.1. The van der Waals surface area contributed by atoms with Gasteiger partial charge in [-0.25, -0.2) is 4.79 Å². The molecule has 4 amide bonds. The van der Waals surface area contributed by atoms with Gasteiger partial charge < -0.3 is 38.3 Å². The van der Waals surface area contributed by atoms with E-state index in [9.17, 15) is 29.1 Å². The molecule has 0 fully saturated rings. The van der Waals surface area contributed by atoms with E-state index in [4.69, 9.17) is 17.2 Å². The molecule has 0 aromatic heterocycles. The average molecular weight is 505 g/mol. The largest absolute Gasteiger partial charge is 0.480 e. The zero-order chi connectivity index (χ0) is 26.3. The fourth-order valence-corrected chi connectivity index (χ4v) is 3.57. The van der Waals surface area contributed by atoms with Crippen LogP contribution in [0.15, 0.2) is 0 Å². The number of carbonyl (C=O) groups is 5. The number of hydrogen-bond donors (Lipinski definition) is 7. The average Bonchev–Trinajstić information content (AvgIpc) is 2.74. The molecule has 0 aliphatic carbocycles. The highest BCUT2D eigenvalue weighted by molar-refractivity contribution is 7.98. The molecule has 4 unspecified atom stereocenters. The van der Waals surface area contributed by atoms with Crippen LogP contribution in [-0.2, 0) is 24.0 Å². The van der Waals surface area contributed by atoms with E-state index < -0.39 is 60.2 Å². The number of aliphatic carboxylic acids is 1. The summed E-state index contributed by atoms with van der Waals surface area (Å²) in [6.07, 6.45) is 3.16. The molecule has 0 radical (unpaired) electrons. The van der Waals surface area contributed by atoms with Crippen LogP contribution in [0.1, 0.15) is 52.4 Å². The molecule has 0 saturated heterocycles. The molecule has 0 aliphatic rings. The number of nitrogens with two attached hydrogens (primary N) is 3. The number of nitrogens with one attached hydrogen (secondary N) is 3. The predicted octanol–water partition coefficient (Wildman–Crippen LogP) is -1.34. The van der Waals surface area contributed by atoms with Crippen molar-refractivity contribution in [3.05, 3.63) is 0 Å². The lowest BCUT2D eigenvalue weighted by atomic mass is 10.0. The van der Waals surface area contributed by atoms with Gasteiger partial charge in [-0.2, -0.15) is 11.8 Å². The summed E-state index contributed by atoms with van der Waals surface area (Å²) in [6, 6.07) is -4.44. The lowest BCUT2D eigenvalue weighted by molar-refractivity contribution is -0.142. The number of carbonyl (C=O) groups excluding carboxylic acids is 4. The van der Waals surface area contributed by atoms with Crippen LogP contribution in [-0.4, -0.2) is 77.4 Å². The van der Waals surface area contributed by atoms with Gasteiger partial charge in [0, 0.05) is 0 Å². The Morgan fingerprint density at radius 3 is 1.94 bits per heavy atom. The summed E-state index contributed by atoms with van der Waals surface area (Å²) in [5.41, 5.74) is 16.6. The van der Waals surface area contributed by atoms with Gasteiger partial charge in [0.05, 0.1) is 12.5 Å². The second-order valence-electron chi connectivity index (χ2n) is 8.49. The predicted molar refractivity (Wildman–Crippen MR) is 131 cm³/mol. The molecule has 0 spiro atoms. The van der Waals surface area contributed by atoms with Gasteiger partial charge >= 0.3 is 5.97 Å². The van der Waals surface area contributed by atoms with Gasteiger partial charge in [0.2, 0.25) is 23.6 Å². The molecule has 12 nitrogen and oxygen atoms in total. The number of rotatable bonds is 18. The maximum atomic E-state index is 12.9. The van der Waals surface area contributed by atoms with Crippen molar-refractivity contribution in [1.29, 1.82) is 0 Å². The van der Waals surface area contributed by atoms with Gasteiger partial charge in [0.1, 0.15) is 18.1 Å². The van der Waals surface area contributed by atoms with Crippen LogP contribution in [0.2, 0.25) is 0 Å². The van der Waals surface area contributed by atoms with Crippen molar-refractivity contribution in [3.8, 4) is 0 Å². The molecule has 0 aromatic carbocycles. The molecule has 196 valence electrons. The lowest BCUT2D eigenvalue weighted by Crippen LogP contribution is -2.57. The Hall–Kier alpha value is -2.38.